The lowest BCUT2D eigenvalue weighted by molar-refractivity contribution is -0.385. The van der Waals surface area contributed by atoms with Crippen LogP contribution in [0.2, 0.25) is 0 Å². The largest absolute Gasteiger partial charge is 0.314 e. The predicted octanol–water partition coefficient (Wildman–Crippen LogP) is 3.00. The summed E-state index contributed by atoms with van der Waals surface area (Å²) in [5.74, 6) is 0.670. The van der Waals surface area contributed by atoms with E-state index in [0.29, 0.717) is 24.5 Å². The van der Waals surface area contributed by atoms with E-state index in [-0.39, 0.29) is 10.6 Å². The number of para-hydroxylation sites is 1. The monoisotopic (exact) mass is 303 g/mol. The van der Waals surface area contributed by atoms with Crippen molar-refractivity contribution >= 4 is 5.69 Å². The number of piperidine rings is 1. The Bertz CT molecular complexity index is 514. The fourth-order valence-electron chi connectivity index (χ4n) is 4.05. The summed E-state index contributed by atoms with van der Waals surface area (Å²) < 4.78 is 0. The van der Waals surface area contributed by atoms with Crippen LogP contribution in [0.1, 0.15) is 44.1 Å². The molecule has 2 fully saturated rings. The lowest BCUT2D eigenvalue weighted by Gasteiger charge is -2.33. The minimum absolute atomic E-state index is 0.223. The molecule has 0 spiro atoms. The highest BCUT2D eigenvalue weighted by Gasteiger charge is 2.34. The van der Waals surface area contributed by atoms with Crippen molar-refractivity contribution < 1.29 is 4.92 Å². The van der Waals surface area contributed by atoms with Gasteiger partial charge in [-0.1, -0.05) is 31.0 Å². The average molecular weight is 303 g/mol. The van der Waals surface area contributed by atoms with Crippen molar-refractivity contribution in [1.29, 1.82) is 0 Å². The molecule has 3 rings (SSSR count). The van der Waals surface area contributed by atoms with E-state index in [1.807, 2.05) is 12.1 Å². The molecule has 3 atom stereocenters. The standard InChI is InChI=1S/C17H25N3O2/c21-20(22)17-10-2-1-6-13(17)12-19-16-9-5-7-14(16)15-8-3-4-11-18-15/h1-2,6,10,14-16,18-19H,3-5,7-9,11-12H2. The molecule has 1 aromatic rings. The zero-order valence-electron chi connectivity index (χ0n) is 13.0. The molecule has 0 radical (unpaired) electrons. The first kappa shape index (κ1) is 15.4. The van der Waals surface area contributed by atoms with E-state index in [2.05, 4.69) is 10.6 Å². The van der Waals surface area contributed by atoms with Gasteiger partial charge in [-0.2, -0.15) is 0 Å². The first-order chi connectivity index (χ1) is 10.8. The van der Waals surface area contributed by atoms with Crippen molar-refractivity contribution in [2.24, 2.45) is 5.92 Å². The molecule has 0 amide bonds. The molecule has 1 saturated carbocycles. The Morgan fingerprint density at radius 1 is 1.18 bits per heavy atom. The molecule has 5 nitrogen and oxygen atoms in total. The predicted molar refractivity (Wildman–Crippen MR) is 86.7 cm³/mol. The van der Waals surface area contributed by atoms with Crippen LogP contribution in [0.3, 0.4) is 0 Å². The van der Waals surface area contributed by atoms with Gasteiger partial charge in [0.1, 0.15) is 0 Å². The van der Waals surface area contributed by atoms with Crippen LogP contribution < -0.4 is 10.6 Å². The van der Waals surface area contributed by atoms with Gasteiger partial charge < -0.3 is 10.6 Å². The second kappa shape index (κ2) is 7.20. The van der Waals surface area contributed by atoms with Crippen LogP contribution in [0.25, 0.3) is 0 Å². The number of benzene rings is 1. The summed E-state index contributed by atoms with van der Waals surface area (Å²) in [6.45, 7) is 1.73. The molecule has 1 heterocycles. The fraction of sp³-hybridized carbons (Fsp3) is 0.647. The number of nitro groups is 1. The van der Waals surface area contributed by atoms with Gasteiger partial charge in [0.15, 0.2) is 0 Å². The lowest BCUT2D eigenvalue weighted by Crippen LogP contribution is -2.46. The summed E-state index contributed by atoms with van der Waals surface area (Å²) in [5.41, 5.74) is 1.01. The van der Waals surface area contributed by atoms with E-state index < -0.39 is 0 Å². The highest BCUT2D eigenvalue weighted by atomic mass is 16.6. The number of rotatable bonds is 5. The van der Waals surface area contributed by atoms with Crippen LogP contribution in [0.5, 0.6) is 0 Å². The van der Waals surface area contributed by atoms with Crippen molar-refractivity contribution in [3.05, 3.63) is 39.9 Å². The zero-order chi connectivity index (χ0) is 15.4. The molecule has 0 aromatic heterocycles. The van der Waals surface area contributed by atoms with Gasteiger partial charge in [-0.05, 0) is 38.1 Å². The van der Waals surface area contributed by atoms with Gasteiger partial charge in [0.05, 0.1) is 4.92 Å². The maximum absolute atomic E-state index is 11.1. The van der Waals surface area contributed by atoms with E-state index in [1.54, 1.807) is 12.1 Å². The van der Waals surface area contributed by atoms with Gasteiger partial charge >= 0.3 is 0 Å². The Labute approximate surface area is 131 Å². The van der Waals surface area contributed by atoms with Crippen molar-refractivity contribution in [3.8, 4) is 0 Å². The Morgan fingerprint density at radius 2 is 2.05 bits per heavy atom. The Kier molecular flexibility index (Phi) is 5.05. The van der Waals surface area contributed by atoms with Crippen molar-refractivity contribution in [2.45, 2.75) is 57.2 Å². The topological polar surface area (TPSA) is 67.2 Å². The third-order valence-electron chi connectivity index (χ3n) is 5.18. The van der Waals surface area contributed by atoms with Gasteiger partial charge in [-0.3, -0.25) is 10.1 Å². The number of nitro benzene ring substituents is 1. The summed E-state index contributed by atoms with van der Waals surface area (Å²) in [7, 11) is 0. The summed E-state index contributed by atoms with van der Waals surface area (Å²) >= 11 is 0. The molecule has 1 saturated heterocycles. The van der Waals surface area contributed by atoms with Crippen molar-refractivity contribution in [3.63, 3.8) is 0 Å². The summed E-state index contributed by atoms with van der Waals surface area (Å²) in [6.07, 6.45) is 7.60. The molecular formula is C17H25N3O2. The number of hydrogen-bond acceptors (Lipinski definition) is 4. The molecule has 1 aliphatic carbocycles. The van der Waals surface area contributed by atoms with Gasteiger partial charge in [0.25, 0.3) is 5.69 Å². The van der Waals surface area contributed by atoms with E-state index >= 15 is 0 Å². The molecule has 1 aromatic carbocycles. The van der Waals surface area contributed by atoms with Crippen LogP contribution in [0.4, 0.5) is 5.69 Å². The van der Waals surface area contributed by atoms with Crippen LogP contribution in [-0.4, -0.2) is 23.6 Å². The third-order valence-corrected chi connectivity index (χ3v) is 5.18. The molecule has 3 unspecified atom stereocenters. The quantitative estimate of drug-likeness (QED) is 0.648. The van der Waals surface area contributed by atoms with E-state index in [4.69, 9.17) is 0 Å². The molecule has 120 valence electrons. The van der Waals surface area contributed by atoms with Crippen LogP contribution in [-0.2, 0) is 6.54 Å². The summed E-state index contributed by atoms with van der Waals surface area (Å²) in [5, 5.41) is 18.4. The molecule has 22 heavy (non-hydrogen) atoms. The van der Waals surface area contributed by atoms with Crippen LogP contribution in [0, 0.1) is 16.0 Å². The molecule has 5 heteroatoms. The van der Waals surface area contributed by atoms with E-state index in [0.717, 1.165) is 12.1 Å². The minimum atomic E-state index is -0.286. The Balaban J connectivity index is 1.62. The van der Waals surface area contributed by atoms with E-state index in [9.17, 15) is 10.1 Å². The maximum Gasteiger partial charge on any atom is 0.273 e. The first-order valence-corrected chi connectivity index (χ1v) is 8.45. The smallest absolute Gasteiger partial charge is 0.273 e. The van der Waals surface area contributed by atoms with Crippen LogP contribution >= 0.6 is 0 Å². The maximum atomic E-state index is 11.1. The fourth-order valence-corrected chi connectivity index (χ4v) is 4.05. The lowest BCUT2D eigenvalue weighted by atomic mass is 9.88. The normalized spacial score (nSPS) is 28.6. The van der Waals surface area contributed by atoms with Crippen molar-refractivity contribution in [1.82, 2.24) is 10.6 Å². The van der Waals surface area contributed by atoms with E-state index in [1.165, 1.54) is 38.5 Å². The molecule has 2 N–H and O–H groups in total. The van der Waals surface area contributed by atoms with Crippen LogP contribution in [0.15, 0.2) is 24.3 Å². The minimum Gasteiger partial charge on any atom is -0.314 e. The summed E-state index contributed by atoms with van der Waals surface area (Å²) in [4.78, 5) is 10.8. The first-order valence-electron chi connectivity index (χ1n) is 8.45. The van der Waals surface area contributed by atoms with Gasteiger partial charge in [-0.25, -0.2) is 0 Å². The Hall–Kier alpha value is -1.46. The highest BCUT2D eigenvalue weighted by molar-refractivity contribution is 5.39. The number of nitrogens with one attached hydrogen (secondary N) is 2. The SMILES string of the molecule is O=[N+]([O-])c1ccccc1CNC1CCCC1C1CCCCN1. The second-order valence-electron chi connectivity index (χ2n) is 6.52. The van der Waals surface area contributed by atoms with Gasteiger partial charge in [-0.15, -0.1) is 0 Å². The third kappa shape index (κ3) is 3.47. The molecule has 0 bridgehead atoms. The zero-order valence-corrected chi connectivity index (χ0v) is 13.0. The molecule has 2 aliphatic rings. The van der Waals surface area contributed by atoms with Crippen molar-refractivity contribution in [2.75, 3.05) is 6.54 Å². The average Bonchev–Trinajstić information content (AvgIpc) is 3.02. The number of hydrogen-bond donors (Lipinski definition) is 2. The van der Waals surface area contributed by atoms with Gasteiger partial charge in [0, 0.05) is 30.3 Å². The summed E-state index contributed by atoms with van der Waals surface area (Å²) in [6, 6.07) is 8.15. The molecular weight excluding hydrogens is 278 g/mol. The molecule has 1 aliphatic heterocycles. The Morgan fingerprint density at radius 3 is 2.82 bits per heavy atom. The number of nitrogens with zero attached hydrogens (tertiary/aromatic N) is 1. The second-order valence-corrected chi connectivity index (χ2v) is 6.52. The van der Waals surface area contributed by atoms with Gasteiger partial charge in [0.2, 0.25) is 0 Å². The highest BCUT2D eigenvalue weighted by Crippen LogP contribution is 2.32.